The Hall–Kier alpha value is -2.09. The molecule has 0 spiro atoms. The number of hydrogen-bond donors (Lipinski definition) is 0. The smallest absolute Gasteiger partial charge is 0.311 e. The van der Waals surface area contributed by atoms with Crippen molar-refractivity contribution in [1.82, 2.24) is 0 Å². The van der Waals surface area contributed by atoms with E-state index in [9.17, 15) is 4.79 Å². The number of benzene rings is 2. The Morgan fingerprint density at radius 2 is 1.75 bits per heavy atom. The fourth-order valence-corrected chi connectivity index (χ4v) is 2.47. The lowest BCUT2D eigenvalue weighted by molar-refractivity contribution is -0.154. The van der Waals surface area contributed by atoms with Crippen LogP contribution in [0.15, 0.2) is 30.3 Å². The van der Waals surface area contributed by atoms with E-state index in [1.807, 2.05) is 32.9 Å². The quantitative estimate of drug-likeness (QED) is 0.642. The van der Waals surface area contributed by atoms with E-state index in [-0.39, 0.29) is 5.97 Å². The molecule has 0 heterocycles. The third-order valence-electron chi connectivity index (χ3n) is 3.61. The average Bonchev–Trinajstić information content (AvgIpc) is 2.82. The van der Waals surface area contributed by atoms with Crippen molar-refractivity contribution in [3.05, 3.63) is 47.0 Å². The van der Waals surface area contributed by atoms with Crippen LogP contribution in [0, 0.1) is 5.41 Å². The van der Waals surface area contributed by atoms with Gasteiger partial charge in [-0.2, -0.15) is 0 Å². The van der Waals surface area contributed by atoms with Gasteiger partial charge in [-0.15, -0.1) is 0 Å². The van der Waals surface area contributed by atoms with Crippen LogP contribution in [-0.4, -0.2) is 5.97 Å². The minimum atomic E-state index is -0.462. The summed E-state index contributed by atoms with van der Waals surface area (Å²) in [5, 5.41) is 2.43. The van der Waals surface area contributed by atoms with Gasteiger partial charge in [0, 0.05) is 0 Å². The zero-order valence-corrected chi connectivity index (χ0v) is 12.1. The molecule has 0 aliphatic heterocycles. The number of esters is 1. The maximum atomic E-state index is 11.9. The Kier molecular flexibility index (Phi) is 2.89. The Morgan fingerprint density at radius 1 is 1.05 bits per heavy atom. The third-order valence-corrected chi connectivity index (χ3v) is 3.61. The first-order valence-electron chi connectivity index (χ1n) is 6.87. The van der Waals surface area contributed by atoms with E-state index in [0.717, 1.165) is 5.56 Å². The summed E-state index contributed by atoms with van der Waals surface area (Å²) >= 11 is 0. The summed E-state index contributed by atoms with van der Waals surface area (Å²) in [5.74, 6) is -0.168. The highest BCUT2D eigenvalue weighted by atomic mass is 16.5. The van der Waals surface area contributed by atoms with Crippen LogP contribution in [0.5, 0.6) is 0 Å². The van der Waals surface area contributed by atoms with Crippen molar-refractivity contribution >= 4 is 28.9 Å². The largest absolute Gasteiger partial charge is 0.460 e. The zero-order valence-electron chi connectivity index (χ0n) is 12.1. The third kappa shape index (κ3) is 2.11. The average molecular weight is 266 g/mol. The molecule has 2 heteroatoms. The van der Waals surface area contributed by atoms with Gasteiger partial charge in [0.05, 0.1) is 5.41 Å². The second-order valence-electron chi connectivity index (χ2n) is 6.24. The molecular formula is C18H18O2. The lowest BCUT2D eigenvalue weighted by atomic mass is 9.97. The number of ether oxygens (including phenoxy) is 1. The number of carbonyl (C=O) groups is 1. The Balaban J connectivity index is 1.93. The molecule has 0 unspecified atom stereocenters. The van der Waals surface area contributed by atoms with Gasteiger partial charge >= 0.3 is 5.97 Å². The number of carbonyl (C=O) groups excluding carboxylic acids is 1. The standard InChI is InChI=1S/C18H18O2/c1-18(2,3)17(19)20-11-14-10-9-13-8-7-12-5-4-6-15(14)16(12)13/h4-10H,11H2,1-3H3. The molecule has 2 aromatic carbocycles. The van der Waals surface area contributed by atoms with Crippen LogP contribution >= 0.6 is 0 Å². The minimum absolute atomic E-state index is 0.168. The predicted octanol–water partition coefficient (Wildman–Crippen LogP) is 4.41. The minimum Gasteiger partial charge on any atom is -0.460 e. The van der Waals surface area contributed by atoms with Gasteiger partial charge in [0.25, 0.3) is 0 Å². The molecule has 0 saturated heterocycles. The first kappa shape index (κ1) is 12.9. The first-order chi connectivity index (χ1) is 9.47. The fraction of sp³-hybridized carbons (Fsp3) is 0.278. The number of hydrogen-bond acceptors (Lipinski definition) is 2. The second kappa shape index (κ2) is 4.48. The van der Waals surface area contributed by atoms with Crippen molar-refractivity contribution in [2.45, 2.75) is 27.4 Å². The van der Waals surface area contributed by atoms with E-state index in [4.69, 9.17) is 4.74 Å². The van der Waals surface area contributed by atoms with Crippen LogP contribution in [0.2, 0.25) is 0 Å². The van der Waals surface area contributed by atoms with Crippen molar-refractivity contribution < 1.29 is 9.53 Å². The Bertz CT molecular complexity index is 706. The summed E-state index contributed by atoms with van der Waals surface area (Å²) in [6, 6.07) is 10.4. The predicted molar refractivity (Wildman–Crippen MR) is 82.1 cm³/mol. The maximum absolute atomic E-state index is 11.9. The molecule has 0 bridgehead atoms. The first-order valence-corrected chi connectivity index (χ1v) is 6.87. The SMILES string of the molecule is CC(C)(C)C(=O)OCc1ccc2c3c(cccc13)C=C2. The van der Waals surface area contributed by atoms with Crippen LogP contribution in [0.25, 0.3) is 22.9 Å². The number of rotatable bonds is 2. The summed E-state index contributed by atoms with van der Waals surface area (Å²) in [7, 11) is 0. The molecule has 1 aliphatic carbocycles. The van der Waals surface area contributed by atoms with Gasteiger partial charge in [-0.25, -0.2) is 0 Å². The zero-order chi connectivity index (χ0) is 14.3. The summed E-state index contributed by atoms with van der Waals surface area (Å²) < 4.78 is 5.44. The molecule has 0 amide bonds. The van der Waals surface area contributed by atoms with Gasteiger partial charge in [-0.05, 0) is 48.2 Å². The van der Waals surface area contributed by atoms with Gasteiger partial charge in [0.15, 0.2) is 0 Å². The molecule has 0 fully saturated rings. The van der Waals surface area contributed by atoms with E-state index in [0.29, 0.717) is 6.61 Å². The molecule has 2 aromatic rings. The maximum Gasteiger partial charge on any atom is 0.311 e. The van der Waals surface area contributed by atoms with Crippen molar-refractivity contribution in [2.24, 2.45) is 5.41 Å². The molecule has 102 valence electrons. The van der Waals surface area contributed by atoms with Crippen LogP contribution in [0.3, 0.4) is 0 Å². The van der Waals surface area contributed by atoms with E-state index in [1.165, 1.54) is 21.9 Å². The van der Waals surface area contributed by atoms with Crippen molar-refractivity contribution in [3.63, 3.8) is 0 Å². The van der Waals surface area contributed by atoms with E-state index in [2.05, 4.69) is 30.4 Å². The van der Waals surface area contributed by atoms with Gasteiger partial charge in [0.2, 0.25) is 0 Å². The second-order valence-corrected chi connectivity index (χ2v) is 6.24. The lowest BCUT2D eigenvalue weighted by Gasteiger charge is -2.17. The highest BCUT2D eigenvalue weighted by Crippen LogP contribution is 2.33. The van der Waals surface area contributed by atoms with Crippen LogP contribution in [0.4, 0.5) is 0 Å². The van der Waals surface area contributed by atoms with Gasteiger partial charge in [-0.3, -0.25) is 4.79 Å². The summed E-state index contributed by atoms with van der Waals surface area (Å²) in [6.07, 6.45) is 4.26. The Labute approximate surface area is 119 Å². The van der Waals surface area contributed by atoms with Crippen molar-refractivity contribution in [1.29, 1.82) is 0 Å². The molecule has 0 N–H and O–H groups in total. The Morgan fingerprint density at radius 3 is 2.45 bits per heavy atom. The molecule has 0 aromatic heterocycles. The fourth-order valence-electron chi connectivity index (χ4n) is 2.47. The molecule has 0 saturated carbocycles. The molecule has 0 atom stereocenters. The molecular weight excluding hydrogens is 248 g/mol. The van der Waals surface area contributed by atoms with E-state index >= 15 is 0 Å². The topological polar surface area (TPSA) is 26.3 Å². The highest BCUT2D eigenvalue weighted by molar-refractivity contribution is 6.05. The van der Waals surface area contributed by atoms with Crippen LogP contribution in [-0.2, 0) is 16.1 Å². The lowest BCUT2D eigenvalue weighted by Crippen LogP contribution is -2.22. The normalized spacial score (nSPS) is 12.9. The van der Waals surface area contributed by atoms with Gasteiger partial charge in [-0.1, -0.05) is 42.5 Å². The van der Waals surface area contributed by atoms with Gasteiger partial charge < -0.3 is 4.74 Å². The molecule has 1 aliphatic rings. The summed E-state index contributed by atoms with van der Waals surface area (Å²) in [5.41, 5.74) is 3.08. The van der Waals surface area contributed by atoms with E-state index in [1.54, 1.807) is 0 Å². The molecule has 0 radical (unpaired) electrons. The molecule has 20 heavy (non-hydrogen) atoms. The van der Waals surface area contributed by atoms with Crippen LogP contribution in [0.1, 0.15) is 37.5 Å². The van der Waals surface area contributed by atoms with E-state index < -0.39 is 5.41 Å². The monoisotopic (exact) mass is 266 g/mol. The molecule has 2 nitrogen and oxygen atoms in total. The molecule has 3 rings (SSSR count). The van der Waals surface area contributed by atoms with Crippen molar-refractivity contribution in [2.75, 3.05) is 0 Å². The summed E-state index contributed by atoms with van der Waals surface area (Å²) in [6.45, 7) is 5.93. The summed E-state index contributed by atoms with van der Waals surface area (Å²) in [4.78, 5) is 11.9. The van der Waals surface area contributed by atoms with Crippen molar-refractivity contribution in [3.8, 4) is 0 Å². The van der Waals surface area contributed by atoms with Crippen LogP contribution < -0.4 is 0 Å². The highest BCUT2D eigenvalue weighted by Gasteiger charge is 2.23. The van der Waals surface area contributed by atoms with Gasteiger partial charge in [0.1, 0.15) is 6.61 Å².